The van der Waals surface area contributed by atoms with Gasteiger partial charge in [-0.15, -0.1) is 0 Å². The minimum Gasteiger partial charge on any atom is -0.454 e. The van der Waals surface area contributed by atoms with Crippen molar-refractivity contribution in [3.05, 3.63) is 72.3 Å². The van der Waals surface area contributed by atoms with Crippen LogP contribution in [0.5, 0.6) is 0 Å². The molecule has 0 N–H and O–H groups in total. The van der Waals surface area contributed by atoms with Gasteiger partial charge in [-0.25, -0.2) is 4.79 Å². The Morgan fingerprint density at radius 3 is 2.15 bits per heavy atom. The monoisotopic (exact) mass is 364 g/mol. The van der Waals surface area contributed by atoms with Crippen LogP contribution in [0.25, 0.3) is 21.5 Å². The fraction of sp³-hybridized carbons (Fsp3) is 0.261. The molecule has 0 aliphatic heterocycles. The topological polar surface area (TPSA) is 44.8 Å². The normalized spacial score (nSPS) is 12.2. The molecule has 3 aromatic rings. The Morgan fingerprint density at radius 2 is 1.59 bits per heavy atom. The predicted molar refractivity (Wildman–Crippen MR) is 108 cm³/mol. The molecule has 0 saturated heterocycles. The number of hydrogen-bond acceptors (Lipinski definition) is 4. The third kappa shape index (κ3) is 4.54. The second-order valence-electron chi connectivity index (χ2n) is 6.58. The lowest BCUT2D eigenvalue weighted by atomic mass is 9.97. The van der Waals surface area contributed by atoms with Gasteiger partial charge in [-0.05, 0) is 40.1 Å². The summed E-state index contributed by atoms with van der Waals surface area (Å²) in [5, 5.41) is 4.69. The molecule has 0 aliphatic rings. The smallest absolute Gasteiger partial charge is 0.333 e. The Bertz CT molecular complexity index is 907. The summed E-state index contributed by atoms with van der Waals surface area (Å²) >= 11 is 0. The lowest BCUT2D eigenvalue weighted by molar-refractivity contribution is -0.150. The zero-order chi connectivity index (χ0) is 19.2. The summed E-state index contributed by atoms with van der Waals surface area (Å²) in [4.78, 5) is 11.8. The van der Waals surface area contributed by atoms with Crippen LogP contribution >= 0.6 is 0 Å². The second kappa shape index (κ2) is 8.80. The van der Waals surface area contributed by atoms with Gasteiger partial charge in [0.1, 0.15) is 6.10 Å². The van der Waals surface area contributed by atoms with Gasteiger partial charge in [0.15, 0.2) is 0 Å². The van der Waals surface area contributed by atoms with E-state index in [0.29, 0.717) is 12.2 Å². The van der Waals surface area contributed by atoms with Crippen LogP contribution in [-0.4, -0.2) is 32.4 Å². The number of carbonyl (C=O) groups is 1. The molecule has 0 fully saturated rings. The summed E-state index contributed by atoms with van der Waals surface area (Å²) < 4.78 is 16.5. The number of esters is 1. The zero-order valence-corrected chi connectivity index (χ0v) is 15.7. The van der Waals surface area contributed by atoms with Crippen molar-refractivity contribution < 1.29 is 19.0 Å². The van der Waals surface area contributed by atoms with E-state index in [-0.39, 0.29) is 13.2 Å². The highest BCUT2D eigenvalue weighted by Gasteiger charge is 2.16. The van der Waals surface area contributed by atoms with E-state index in [1.807, 2.05) is 24.3 Å². The summed E-state index contributed by atoms with van der Waals surface area (Å²) in [6.07, 6.45) is -0.472. The van der Waals surface area contributed by atoms with Gasteiger partial charge in [0.2, 0.25) is 0 Å². The van der Waals surface area contributed by atoms with Crippen molar-refractivity contribution in [1.29, 1.82) is 0 Å². The summed E-state index contributed by atoms with van der Waals surface area (Å²) in [5.41, 5.74) is 1.49. The van der Waals surface area contributed by atoms with Crippen LogP contribution in [0, 0.1) is 0 Å². The lowest BCUT2D eigenvalue weighted by Gasteiger charge is -2.18. The van der Waals surface area contributed by atoms with E-state index in [1.54, 1.807) is 14.0 Å². The third-order valence-corrected chi connectivity index (χ3v) is 4.41. The standard InChI is InChI=1S/C23H24O4/c1-16(2)23(24)27-19(13-25-3)14-26-15-22-20-10-6-4-8-17(20)12-18-9-5-7-11-21(18)22/h4-12,19H,1,13-15H2,2-3H3. The van der Waals surface area contributed by atoms with Crippen molar-refractivity contribution in [2.45, 2.75) is 19.6 Å². The summed E-state index contributed by atoms with van der Waals surface area (Å²) in [6, 6.07) is 18.7. The van der Waals surface area contributed by atoms with E-state index in [1.165, 1.54) is 21.5 Å². The van der Waals surface area contributed by atoms with Gasteiger partial charge in [-0.3, -0.25) is 0 Å². The van der Waals surface area contributed by atoms with Gasteiger partial charge >= 0.3 is 5.97 Å². The van der Waals surface area contributed by atoms with Gasteiger partial charge in [0.05, 0.1) is 19.8 Å². The maximum absolute atomic E-state index is 11.8. The minimum absolute atomic E-state index is 0.254. The molecular formula is C23H24O4. The van der Waals surface area contributed by atoms with E-state index >= 15 is 0 Å². The Labute approximate surface area is 159 Å². The van der Waals surface area contributed by atoms with Crippen molar-refractivity contribution >= 4 is 27.5 Å². The second-order valence-corrected chi connectivity index (χ2v) is 6.58. The number of benzene rings is 3. The van der Waals surface area contributed by atoms with E-state index in [2.05, 4.69) is 36.9 Å². The van der Waals surface area contributed by atoms with Crippen LogP contribution in [0.4, 0.5) is 0 Å². The first-order valence-electron chi connectivity index (χ1n) is 8.92. The van der Waals surface area contributed by atoms with Crippen molar-refractivity contribution in [2.75, 3.05) is 20.3 Å². The third-order valence-electron chi connectivity index (χ3n) is 4.41. The summed E-state index contributed by atoms with van der Waals surface area (Å²) in [6.45, 7) is 6.18. The molecule has 4 nitrogen and oxygen atoms in total. The molecule has 0 amide bonds. The number of ether oxygens (including phenoxy) is 3. The van der Waals surface area contributed by atoms with Gasteiger partial charge < -0.3 is 14.2 Å². The molecule has 3 rings (SSSR count). The molecule has 1 unspecified atom stereocenters. The van der Waals surface area contributed by atoms with Crippen molar-refractivity contribution in [3.63, 3.8) is 0 Å². The van der Waals surface area contributed by atoms with Crippen LogP contribution in [-0.2, 0) is 25.6 Å². The molecule has 4 heteroatoms. The maximum atomic E-state index is 11.8. The van der Waals surface area contributed by atoms with Crippen molar-refractivity contribution in [3.8, 4) is 0 Å². The quantitative estimate of drug-likeness (QED) is 0.332. The highest BCUT2D eigenvalue weighted by molar-refractivity contribution is 6.02. The summed E-state index contributed by atoms with van der Waals surface area (Å²) in [5.74, 6) is -0.434. The number of carbonyl (C=O) groups excluding carboxylic acids is 1. The van der Waals surface area contributed by atoms with Crippen LogP contribution in [0.15, 0.2) is 66.7 Å². The SMILES string of the molecule is C=C(C)C(=O)OC(COC)COCc1c2ccccc2cc2ccccc12. The number of methoxy groups -OCH3 is 1. The average Bonchev–Trinajstić information content (AvgIpc) is 2.67. The predicted octanol–water partition coefficient (Wildman–Crippen LogP) is 4.64. The van der Waals surface area contributed by atoms with Crippen LogP contribution < -0.4 is 0 Å². The molecular weight excluding hydrogens is 340 g/mol. The highest BCUT2D eigenvalue weighted by atomic mass is 16.6. The molecule has 0 saturated carbocycles. The molecule has 3 aromatic carbocycles. The Balaban J connectivity index is 1.80. The van der Waals surface area contributed by atoms with E-state index in [0.717, 1.165) is 5.56 Å². The highest BCUT2D eigenvalue weighted by Crippen LogP contribution is 2.29. The molecule has 0 heterocycles. The van der Waals surface area contributed by atoms with Gasteiger partial charge in [0, 0.05) is 12.7 Å². The Morgan fingerprint density at radius 1 is 1.00 bits per heavy atom. The first-order chi connectivity index (χ1) is 13.1. The van der Waals surface area contributed by atoms with Crippen molar-refractivity contribution in [1.82, 2.24) is 0 Å². The van der Waals surface area contributed by atoms with Gasteiger partial charge in [0.25, 0.3) is 0 Å². The average molecular weight is 364 g/mol. The number of rotatable bonds is 8. The molecule has 140 valence electrons. The largest absolute Gasteiger partial charge is 0.454 e. The Kier molecular flexibility index (Phi) is 6.22. The van der Waals surface area contributed by atoms with E-state index < -0.39 is 12.1 Å². The van der Waals surface area contributed by atoms with Crippen molar-refractivity contribution in [2.24, 2.45) is 0 Å². The molecule has 0 spiro atoms. The Hall–Kier alpha value is -2.69. The van der Waals surface area contributed by atoms with Crippen LogP contribution in [0.2, 0.25) is 0 Å². The fourth-order valence-corrected chi connectivity index (χ4v) is 3.11. The maximum Gasteiger partial charge on any atom is 0.333 e. The molecule has 27 heavy (non-hydrogen) atoms. The molecule has 0 radical (unpaired) electrons. The molecule has 0 bridgehead atoms. The van der Waals surface area contributed by atoms with Crippen LogP contribution in [0.3, 0.4) is 0 Å². The summed E-state index contributed by atoms with van der Waals surface area (Å²) in [7, 11) is 1.57. The fourth-order valence-electron chi connectivity index (χ4n) is 3.11. The molecule has 0 aromatic heterocycles. The first-order valence-corrected chi connectivity index (χ1v) is 8.92. The molecule has 0 aliphatic carbocycles. The number of fused-ring (bicyclic) bond motifs is 2. The number of hydrogen-bond donors (Lipinski definition) is 0. The van der Waals surface area contributed by atoms with E-state index in [4.69, 9.17) is 14.2 Å². The first kappa shape index (κ1) is 19.1. The minimum atomic E-state index is -0.472. The van der Waals surface area contributed by atoms with Gasteiger partial charge in [-0.1, -0.05) is 55.1 Å². The van der Waals surface area contributed by atoms with E-state index in [9.17, 15) is 4.79 Å². The molecule has 1 atom stereocenters. The van der Waals surface area contributed by atoms with Gasteiger partial charge in [-0.2, -0.15) is 0 Å². The van der Waals surface area contributed by atoms with Crippen LogP contribution in [0.1, 0.15) is 12.5 Å². The lowest BCUT2D eigenvalue weighted by Crippen LogP contribution is -2.28. The zero-order valence-electron chi connectivity index (χ0n) is 15.7.